The van der Waals surface area contributed by atoms with Crippen molar-refractivity contribution in [3.05, 3.63) is 153 Å². The molecule has 0 saturated heterocycles. The molecule has 2 nitrogen and oxygen atoms in total. The highest BCUT2D eigenvalue weighted by Crippen LogP contribution is 2.51. The molecule has 0 amide bonds. The van der Waals surface area contributed by atoms with Crippen molar-refractivity contribution >= 4 is 11.6 Å². The fraction of sp³-hybridized carbons (Fsp3) is 0.125. The lowest BCUT2D eigenvalue weighted by Gasteiger charge is -2.22. The van der Waals surface area contributed by atoms with Crippen molar-refractivity contribution in [1.29, 1.82) is 0 Å². The first-order valence-electron chi connectivity index (χ1n) is 11.7. The van der Waals surface area contributed by atoms with Gasteiger partial charge in [-0.3, -0.25) is 9.59 Å². The number of carbonyl (C=O) groups excluding carboxylic acids is 2. The number of aryl methyl sites for hydroxylation is 2. The van der Waals surface area contributed by atoms with Crippen molar-refractivity contribution < 1.29 is 9.59 Å². The topological polar surface area (TPSA) is 34.1 Å². The van der Waals surface area contributed by atoms with E-state index >= 15 is 0 Å². The predicted octanol–water partition coefficient (Wildman–Crippen LogP) is 6.96. The molecule has 0 unspecified atom stereocenters. The third-order valence-corrected chi connectivity index (χ3v) is 7.39. The van der Waals surface area contributed by atoms with E-state index in [1.807, 2.05) is 72.8 Å². The number of Topliss-reactive ketones (excluding diaryl/α,β-unsaturated/α-hetero) is 2. The summed E-state index contributed by atoms with van der Waals surface area (Å²) < 4.78 is 0. The van der Waals surface area contributed by atoms with Gasteiger partial charge in [-0.25, -0.2) is 0 Å². The molecule has 0 heterocycles. The van der Waals surface area contributed by atoms with Crippen molar-refractivity contribution in [3.63, 3.8) is 0 Å². The maximum absolute atomic E-state index is 14.0. The Hall–Kier alpha value is -4.04. The summed E-state index contributed by atoms with van der Waals surface area (Å²) in [5.74, 6) is -0.577. The number of hydrogen-bond donors (Lipinski definition) is 0. The molecule has 4 aromatic rings. The normalized spacial score (nSPS) is 21.0. The van der Waals surface area contributed by atoms with Crippen LogP contribution in [0.2, 0.25) is 0 Å². The Morgan fingerprint density at radius 1 is 0.441 bits per heavy atom. The number of fused-ring (bicyclic) bond motifs is 2. The van der Waals surface area contributed by atoms with E-state index in [0.29, 0.717) is 22.3 Å². The number of allylic oxidation sites excluding steroid dienone is 2. The maximum atomic E-state index is 14.0. The quantitative estimate of drug-likeness (QED) is 0.316. The minimum atomic E-state index is -0.260. The Balaban J connectivity index is 1.71. The number of carbonyl (C=O) groups is 2. The molecule has 2 heteroatoms. The summed E-state index contributed by atoms with van der Waals surface area (Å²) >= 11 is 0. The number of hydrogen-bond acceptors (Lipinski definition) is 2. The molecule has 2 atom stereocenters. The minimum absolute atomic E-state index is 0.0291. The Morgan fingerprint density at radius 3 is 1.15 bits per heavy atom. The fourth-order valence-electron chi connectivity index (χ4n) is 5.80. The van der Waals surface area contributed by atoms with Crippen molar-refractivity contribution in [2.45, 2.75) is 25.7 Å². The first-order valence-corrected chi connectivity index (χ1v) is 11.7. The second-order valence-corrected chi connectivity index (χ2v) is 9.24. The standard InChI is InChI=1S/C32H24O2/c1-19-11-3-5-13-21(19)27-23-15-7-9-17-25(23)31(33)29(27)30-28(22-14-6-4-12-20(22)2)24-16-8-10-18-26(24)32(30)34/h3-18,27-28H,1-2H3/b30-29-/t27-,28-/m1/s1. The van der Waals surface area contributed by atoms with Crippen molar-refractivity contribution in [3.8, 4) is 0 Å². The van der Waals surface area contributed by atoms with Crippen LogP contribution in [0.5, 0.6) is 0 Å². The lowest BCUT2D eigenvalue weighted by Crippen LogP contribution is -2.14. The lowest BCUT2D eigenvalue weighted by molar-refractivity contribution is 0.100. The molecular weight excluding hydrogens is 416 g/mol. The zero-order chi connectivity index (χ0) is 23.4. The largest absolute Gasteiger partial charge is 0.289 e. The van der Waals surface area contributed by atoms with Crippen LogP contribution in [0.25, 0.3) is 0 Å². The van der Waals surface area contributed by atoms with Gasteiger partial charge in [-0.1, -0.05) is 97.1 Å². The molecule has 4 aromatic carbocycles. The average molecular weight is 441 g/mol. The summed E-state index contributed by atoms with van der Waals surface area (Å²) in [6, 6.07) is 32.0. The van der Waals surface area contributed by atoms with Crippen LogP contribution in [0, 0.1) is 13.8 Å². The molecule has 2 aliphatic rings. The molecule has 0 N–H and O–H groups in total. The van der Waals surface area contributed by atoms with Gasteiger partial charge in [0.05, 0.1) is 0 Å². The molecule has 6 rings (SSSR count). The highest BCUT2D eigenvalue weighted by molar-refractivity contribution is 6.24. The maximum Gasteiger partial charge on any atom is 0.190 e. The third-order valence-electron chi connectivity index (χ3n) is 7.39. The van der Waals surface area contributed by atoms with Crippen LogP contribution >= 0.6 is 0 Å². The Bertz CT molecular complexity index is 1410. The molecule has 0 saturated carbocycles. The molecule has 164 valence electrons. The van der Waals surface area contributed by atoms with Crippen LogP contribution in [0.3, 0.4) is 0 Å². The minimum Gasteiger partial charge on any atom is -0.289 e. The first-order chi connectivity index (χ1) is 16.6. The van der Waals surface area contributed by atoms with Crippen LogP contribution < -0.4 is 0 Å². The van der Waals surface area contributed by atoms with E-state index in [9.17, 15) is 9.59 Å². The zero-order valence-electron chi connectivity index (χ0n) is 19.2. The monoisotopic (exact) mass is 440 g/mol. The van der Waals surface area contributed by atoms with Crippen molar-refractivity contribution in [2.24, 2.45) is 0 Å². The smallest absolute Gasteiger partial charge is 0.190 e. The summed E-state index contributed by atoms with van der Waals surface area (Å²) in [6.07, 6.45) is 0. The van der Waals surface area contributed by atoms with Gasteiger partial charge < -0.3 is 0 Å². The van der Waals surface area contributed by atoms with E-state index in [2.05, 4.69) is 38.1 Å². The van der Waals surface area contributed by atoms with Gasteiger partial charge in [0.1, 0.15) is 0 Å². The SMILES string of the molecule is Cc1ccccc1[C@H]1/C(=C2/C(=O)c3ccccc3[C@H]2c2ccccc2C)C(=O)c2ccccc21. The van der Waals surface area contributed by atoms with E-state index in [0.717, 1.165) is 33.4 Å². The van der Waals surface area contributed by atoms with Crippen molar-refractivity contribution in [1.82, 2.24) is 0 Å². The molecule has 0 spiro atoms. The molecule has 2 aliphatic carbocycles. The van der Waals surface area contributed by atoms with Crippen LogP contribution in [0.1, 0.15) is 65.9 Å². The summed E-state index contributed by atoms with van der Waals surface area (Å²) in [7, 11) is 0. The molecule has 0 bridgehead atoms. The molecular formula is C32H24O2. The van der Waals surface area contributed by atoms with E-state index in [4.69, 9.17) is 0 Å². The van der Waals surface area contributed by atoms with Crippen LogP contribution in [0.15, 0.2) is 108 Å². The number of ketones is 2. The summed E-state index contributed by atoms with van der Waals surface area (Å²) in [5, 5.41) is 0. The second-order valence-electron chi connectivity index (χ2n) is 9.24. The average Bonchev–Trinajstić information content (AvgIpc) is 3.31. The van der Waals surface area contributed by atoms with Crippen LogP contribution in [-0.4, -0.2) is 11.6 Å². The Morgan fingerprint density at radius 2 is 0.765 bits per heavy atom. The number of benzene rings is 4. The third kappa shape index (κ3) is 2.88. The summed E-state index contributed by atoms with van der Waals surface area (Å²) in [5.41, 5.74) is 9.02. The van der Waals surface area contributed by atoms with Crippen LogP contribution in [0.4, 0.5) is 0 Å². The zero-order valence-corrected chi connectivity index (χ0v) is 19.2. The highest BCUT2D eigenvalue weighted by Gasteiger charge is 2.45. The lowest BCUT2D eigenvalue weighted by atomic mass is 9.79. The predicted molar refractivity (Wildman–Crippen MR) is 135 cm³/mol. The second kappa shape index (κ2) is 7.78. The van der Waals surface area contributed by atoms with Gasteiger partial charge in [-0.05, 0) is 47.2 Å². The first kappa shape index (κ1) is 20.6. The van der Waals surface area contributed by atoms with Gasteiger partial charge in [-0.15, -0.1) is 0 Å². The summed E-state index contributed by atoms with van der Waals surface area (Å²) in [4.78, 5) is 28.1. The Kier molecular flexibility index (Phi) is 4.70. The Labute approximate surface area is 199 Å². The van der Waals surface area contributed by atoms with Crippen LogP contribution in [-0.2, 0) is 0 Å². The number of rotatable bonds is 2. The van der Waals surface area contributed by atoms with Gasteiger partial charge in [0.2, 0.25) is 0 Å². The van der Waals surface area contributed by atoms with Crippen molar-refractivity contribution in [2.75, 3.05) is 0 Å². The van der Waals surface area contributed by atoms with E-state index in [1.54, 1.807) is 0 Å². The van der Waals surface area contributed by atoms with Gasteiger partial charge >= 0.3 is 0 Å². The molecule has 34 heavy (non-hydrogen) atoms. The van der Waals surface area contributed by atoms with Gasteiger partial charge in [0.15, 0.2) is 11.6 Å². The molecule has 0 fully saturated rings. The van der Waals surface area contributed by atoms with Gasteiger partial charge in [0.25, 0.3) is 0 Å². The van der Waals surface area contributed by atoms with Gasteiger partial charge in [-0.2, -0.15) is 0 Å². The van der Waals surface area contributed by atoms with E-state index in [-0.39, 0.29) is 23.4 Å². The van der Waals surface area contributed by atoms with E-state index < -0.39 is 0 Å². The summed E-state index contributed by atoms with van der Waals surface area (Å²) in [6.45, 7) is 4.15. The molecule has 0 aromatic heterocycles. The fourth-order valence-corrected chi connectivity index (χ4v) is 5.80. The van der Waals surface area contributed by atoms with Gasteiger partial charge in [0, 0.05) is 34.1 Å². The molecule has 0 aliphatic heterocycles. The molecule has 0 radical (unpaired) electrons. The van der Waals surface area contributed by atoms with E-state index in [1.165, 1.54) is 0 Å². The highest BCUT2D eigenvalue weighted by atomic mass is 16.1.